The molecule has 0 saturated heterocycles. The number of Topliss-reactive ketones (excluding diaryl/α,β-unsaturated/α-hetero) is 1. The van der Waals surface area contributed by atoms with Crippen molar-refractivity contribution in [1.82, 2.24) is 4.98 Å². The van der Waals surface area contributed by atoms with Gasteiger partial charge in [0.1, 0.15) is 5.15 Å². The summed E-state index contributed by atoms with van der Waals surface area (Å²) >= 11 is 9.14. The zero-order valence-corrected chi connectivity index (χ0v) is 12.5. The summed E-state index contributed by atoms with van der Waals surface area (Å²) < 4.78 is 0.620. The summed E-state index contributed by atoms with van der Waals surface area (Å²) in [5.41, 5.74) is 1.63. The molecule has 0 aliphatic carbocycles. The molecule has 0 spiro atoms. The van der Waals surface area contributed by atoms with Crippen molar-refractivity contribution in [2.24, 2.45) is 0 Å². The number of carbonyl (C=O) groups is 2. The Kier molecular flexibility index (Phi) is 3.31. The normalized spacial score (nSPS) is 13.8. The van der Waals surface area contributed by atoms with E-state index < -0.39 is 11.7 Å². The van der Waals surface area contributed by atoms with Crippen LogP contribution in [0.2, 0.25) is 5.15 Å². The van der Waals surface area contributed by atoms with Gasteiger partial charge in [0.15, 0.2) is 0 Å². The predicted molar refractivity (Wildman–Crippen MR) is 78.9 cm³/mol. The lowest BCUT2D eigenvalue weighted by Gasteiger charge is -2.16. The standard InChI is InChI=1S/C14H8BrClN2O2/c15-9-4-2-5-10-12(9)13(19)14(20)18(10)7-8-3-1-6-11(16)17-8/h1-6H,7H2. The van der Waals surface area contributed by atoms with Crippen molar-refractivity contribution in [3.05, 3.63) is 57.3 Å². The van der Waals surface area contributed by atoms with Crippen LogP contribution < -0.4 is 4.90 Å². The number of pyridine rings is 1. The number of halogens is 2. The largest absolute Gasteiger partial charge is 0.299 e. The minimum Gasteiger partial charge on any atom is -0.299 e. The molecule has 0 radical (unpaired) electrons. The van der Waals surface area contributed by atoms with Crippen LogP contribution in [0.4, 0.5) is 5.69 Å². The van der Waals surface area contributed by atoms with Crippen LogP contribution >= 0.6 is 27.5 Å². The predicted octanol–water partition coefficient (Wildman–Crippen LogP) is 3.23. The summed E-state index contributed by atoms with van der Waals surface area (Å²) in [7, 11) is 0. The molecule has 0 unspecified atom stereocenters. The number of hydrogen-bond acceptors (Lipinski definition) is 3. The van der Waals surface area contributed by atoms with Gasteiger partial charge in [-0.3, -0.25) is 14.5 Å². The average Bonchev–Trinajstić information content (AvgIpc) is 2.65. The Labute approximate surface area is 128 Å². The fourth-order valence-corrected chi connectivity index (χ4v) is 2.88. The quantitative estimate of drug-likeness (QED) is 0.616. The molecule has 0 bridgehead atoms. The summed E-state index contributed by atoms with van der Waals surface area (Å²) in [4.78, 5) is 29.7. The SMILES string of the molecule is O=C1C(=O)N(Cc2cccc(Cl)n2)c2cccc(Br)c21. The van der Waals surface area contributed by atoms with E-state index >= 15 is 0 Å². The molecule has 0 N–H and O–H groups in total. The molecule has 1 aliphatic heterocycles. The zero-order valence-electron chi connectivity index (χ0n) is 10.1. The first-order chi connectivity index (χ1) is 9.58. The van der Waals surface area contributed by atoms with Crippen LogP contribution in [0.3, 0.4) is 0 Å². The van der Waals surface area contributed by atoms with E-state index in [0.717, 1.165) is 0 Å². The van der Waals surface area contributed by atoms with Crippen molar-refractivity contribution in [3.8, 4) is 0 Å². The summed E-state index contributed by atoms with van der Waals surface area (Å²) in [6, 6.07) is 10.5. The Balaban J connectivity index is 2.02. The number of benzene rings is 1. The van der Waals surface area contributed by atoms with E-state index in [1.807, 2.05) is 0 Å². The van der Waals surface area contributed by atoms with Crippen LogP contribution in [-0.2, 0) is 11.3 Å². The Morgan fingerprint density at radius 1 is 1.15 bits per heavy atom. The Morgan fingerprint density at radius 3 is 2.65 bits per heavy atom. The van der Waals surface area contributed by atoms with E-state index in [9.17, 15) is 9.59 Å². The van der Waals surface area contributed by atoms with Gasteiger partial charge < -0.3 is 0 Å². The first kappa shape index (κ1) is 13.3. The van der Waals surface area contributed by atoms with Crippen LogP contribution in [0, 0.1) is 0 Å². The number of nitrogens with zero attached hydrogens (tertiary/aromatic N) is 2. The van der Waals surface area contributed by atoms with Crippen LogP contribution in [0.1, 0.15) is 16.1 Å². The number of aromatic nitrogens is 1. The lowest BCUT2D eigenvalue weighted by Crippen LogP contribution is -2.29. The first-order valence-corrected chi connectivity index (χ1v) is 7.01. The number of ketones is 1. The highest BCUT2D eigenvalue weighted by atomic mass is 79.9. The van der Waals surface area contributed by atoms with Gasteiger partial charge in [-0.05, 0) is 40.2 Å². The summed E-state index contributed by atoms with van der Waals surface area (Å²) in [5.74, 6) is -1.05. The molecular weight excluding hydrogens is 344 g/mol. The van der Waals surface area contributed by atoms with E-state index in [-0.39, 0.29) is 6.54 Å². The minimum atomic E-state index is -0.548. The Morgan fingerprint density at radius 2 is 1.90 bits per heavy atom. The molecule has 20 heavy (non-hydrogen) atoms. The van der Waals surface area contributed by atoms with Gasteiger partial charge in [-0.1, -0.05) is 23.7 Å². The molecule has 0 fully saturated rings. The van der Waals surface area contributed by atoms with Crippen molar-refractivity contribution in [3.63, 3.8) is 0 Å². The topological polar surface area (TPSA) is 50.3 Å². The third-order valence-corrected chi connectivity index (χ3v) is 3.91. The molecule has 1 aromatic carbocycles. The molecule has 4 nitrogen and oxygen atoms in total. The third kappa shape index (κ3) is 2.13. The molecule has 2 aromatic rings. The van der Waals surface area contributed by atoms with Crippen molar-refractivity contribution in [2.45, 2.75) is 6.54 Å². The fraction of sp³-hybridized carbons (Fsp3) is 0.0714. The van der Waals surface area contributed by atoms with E-state index in [1.54, 1.807) is 36.4 Å². The fourth-order valence-electron chi connectivity index (χ4n) is 2.16. The lowest BCUT2D eigenvalue weighted by molar-refractivity contribution is -0.114. The van der Waals surface area contributed by atoms with E-state index in [0.29, 0.717) is 26.6 Å². The molecule has 0 saturated carbocycles. The molecule has 6 heteroatoms. The van der Waals surface area contributed by atoms with Gasteiger partial charge in [0.25, 0.3) is 11.7 Å². The van der Waals surface area contributed by atoms with Crippen molar-refractivity contribution < 1.29 is 9.59 Å². The molecule has 2 heterocycles. The average molecular weight is 352 g/mol. The number of amides is 1. The molecule has 0 atom stereocenters. The number of anilines is 1. The summed E-state index contributed by atoms with van der Waals surface area (Å²) in [6.07, 6.45) is 0. The zero-order chi connectivity index (χ0) is 14.3. The van der Waals surface area contributed by atoms with Gasteiger partial charge in [-0.2, -0.15) is 0 Å². The number of carbonyl (C=O) groups excluding carboxylic acids is 2. The van der Waals surface area contributed by atoms with E-state index in [2.05, 4.69) is 20.9 Å². The molecule has 1 aliphatic rings. The van der Waals surface area contributed by atoms with Gasteiger partial charge in [-0.15, -0.1) is 0 Å². The Bertz CT molecular complexity index is 733. The van der Waals surface area contributed by atoms with Crippen LogP contribution in [-0.4, -0.2) is 16.7 Å². The lowest BCUT2D eigenvalue weighted by atomic mass is 10.1. The maximum absolute atomic E-state index is 12.1. The van der Waals surface area contributed by atoms with Crippen molar-refractivity contribution in [2.75, 3.05) is 4.90 Å². The van der Waals surface area contributed by atoms with Gasteiger partial charge in [0.05, 0.1) is 23.5 Å². The summed E-state index contributed by atoms with van der Waals surface area (Å²) in [5, 5.41) is 0.356. The number of rotatable bonds is 2. The highest BCUT2D eigenvalue weighted by Gasteiger charge is 2.37. The number of fused-ring (bicyclic) bond motifs is 1. The molecule has 100 valence electrons. The van der Waals surface area contributed by atoms with Gasteiger partial charge in [0.2, 0.25) is 0 Å². The second kappa shape index (κ2) is 5.00. The molecule has 3 rings (SSSR count). The van der Waals surface area contributed by atoms with E-state index in [4.69, 9.17) is 11.6 Å². The maximum Gasteiger partial charge on any atom is 0.299 e. The molecule has 1 amide bonds. The van der Waals surface area contributed by atoms with E-state index in [1.165, 1.54) is 4.90 Å². The number of hydrogen-bond donors (Lipinski definition) is 0. The van der Waals surface area contributed by atoms with Crippen LogP contribution in [0.25, 0.3) is 0 Å². The third-order valence-electron chi connectivity index (χ3n) is 3.04. The second-order valence-corrected chi connectivity index (χ2v) is 5.55. The Hall–Kier alpha value is -1.72. The monoisotopic (exact) mass is 350 g/mol. The van der Waals surface area contributed by atoms with Gasteiger partial charge in [-0.25, -0.2) is 4.98 Å². The highest BCUT2D eigenvalue weighted by molar-refractivity contribution is 9.10. The maximum atomic E-state index is 12.1. The van der Waals surface area contributed by atoms with Gasteiger partial charge in [0, 0.05) is 4.47 Å². The molecule has 1 aromatic heterocycles. The summed E-state index contributed by atoms with van der Waals surface area (Å²) in [6.45, 7) is 0.217. The minimum absolute atomic E-state index is 0.217. The van der Waals surface area contributed by atoms with Crippen molar-refractivity contribution in [1.29, 1.82) is 0 Å². The van der Waals surface area contributed by atoms with Crippen LogP contribution in [0.15, 0.2) is 40.9 Å². The first-order valence-electron chi connectivity index (χ1n) is 5.84. The van der Waals surface area contributed by atoms with Crippen LogP contribution in [0.5, 0.6) is 0 Å². The smallest absolute Gasteiger partial charge is 0.299 e. The second-order valence-electron chi connectivity index (χ2n) is 4.31. The van der Waals surface area contributed by atoms with Crippen molar-refractivity contribution >= 4 is 44.9 Å². The highest BCUT2D eigenvalue weighted by Crippen LogP contribution is 2.35. The van der Waals surface area contributed by atoms with Gasteiger partial charge >= 0.3 is 0 Å². The molecular formula is C14H8BrClN2O2.